The molecule has 0 unspecified atom stereocenters. The Balaban J connectivity index is 1.92. The Labute approximate surface area is 155 Å². The molecular formula is C19H31N5O2. The number of hydrogen-bond acceptors (Lipinski definition) is 3. The van der Waals surface area contributed by atoms with Gasteiger partial charge in [-0.2, -0.15) is 0 Å². The highest BCUT2D eigenvalue weighted by molar-refractivity contribution is 5.78. The van der Waals surface area contributed by atoms with Gasteiger partial charge in [0.2, 0.25) is 11.8 Å². The Morgan fingerprint density at radius 2 is 1.50 bits per heavy atom. The smallest absolute Gasteiger partial charge is 0.224 e. The van der Waals surface area contributed by atoms with Gasteiger partial charge in [0.05, 0.1) is 6.42 Å². The summed E-state index contributed by atoms with van der Waals surface area (Å²) in [5.74, 6) is 0.208. The number of rotatable bonds is 13. The number of unbranched alkanes of at least 4 members (excludes halogenated alkanes) is 3. The van der Waals surface area contributed by atoms with Crippen LogP contribution in [0.4, 0.5) is 0 Å². The van der Waals surface area contributed by atoms with Crippen molar-refractivity contribution in [1.82, 2.24) is 10.6 Å². The van der Waals surface area contributed by atoms with Crippen molar-refractivity contribution < 1.29 is 9.59 Å². The van der Waals surface area contributed by atoms with Crippen LogP contribution >= 0.6 is 0 Å². The summed E-state index contributed by atoms with van der Waals surface area (Å²) in [5.41, 5.74) is 11.5. The summed E-state index contributed by atoms with van der Waals surface area (Å²) in [4.78, 5) is 27.4. The van der Waals surface area contributed by atoms with Crippen LogP contribution in [0.1, 0.15) is 44.1 Å². The molecule has 1 rings (SSSR count). The first kappa shape index (κ1) is 21.5. The van der Waals surface area contributed by atoms with Crippen LogP contribution in [-0.2, 0) is 16.0 Å². The van der Waals surface area contributed by atoms with Crippen molar-refractivity contribution in [3.63, 3.8) is 0 Å². The minimum Gasteiger partial charge on any atom is -0.370 e. The van der Waals surface area contributed by atoms with Crippen molar-refractivity contribution in [3.8, 4) is 0 Å². The number of guanidine groups is 1. The average Bonchev–Trinajstić information content (AvgIpc) is 2.61. The molecule has 0 aliphatic carbocycles. The summed E-state index contributed by atoms with van der Waals surface area (Å²) in [6.45, 7) is 1.88. The molecule has 0 spiro atoms. The van der Waals surface area contributed by atoms with Crippen LogP contribution in [0.25, 0.3) is 0 Å². The average molecular weight is 361 g/mol. The van der Waals surface area contributed by atoms with Gasteiger partial charge in [0, 0.05) is 26.1 Å². The standard InChI is InChI=1S/C19H31N5O2/c20-19(21)24-14-6-2-5-11-17(25)22-12-7-8-13-23-18(26)15-16-9-3-1-4-10-16/h1,3-4,9-10H,2,5-8,11-15H2,(H,22,25)(H,23,26)(H4,20,21,24). The van der Waals surface area contributed by atoms with Crippen molar-refractivity contribution in [1.29, 1.82) is 0 Å². The molecule has 1 aromatic carbocycles. The first-order valence-electron chi connectivity index (χ1n) is 9.20. The van der Waals surface area contributed by atoms with E-state index in [1.54, 1.807) is 0 Å². The first-order valence-corrected chi connectivity index (χ1v) is 9.20. The van der Waals surface area contributed by atoms with Crippen molar-refractivity contribution in [2.75, 3.05) is 19.6 Å². The molecule has 0 aromatic heterocycles. The molecule has 0 heterocycles. The van der Waals surface area contributed by atoms with Gasteiger partial charge in [-0.05, 0) is 31.2 Å². The Kier molecular flexibility index (Phi) is 11.3. The molecule has 0 saturated heterocycles. The van der Waals surface area contributed by atoms with E-state index in [4.69, 9.17) is 11.5 Å². The highest BCUT2D eigenvalue weighted by Gasteiger charge is 2.03. The van der Waals surface area contributed by atoms with Crippen LogP contribution in [0.5, 0.6) is 0 Å². The molecule has 7 heteroatoms. The van der Waals surface area contributed by atoms with Crippen LogP contribution in [0.2, 0.25) is 0 Å². The largest absolute Gasteiger partial charge is 0.370 e. The van der Waals surface area contributed by atoms with Crippen molar-refractivity contribution >= 4 is 17.8 Å². The molecular weight excluding hydrogens is 330 g/mol. The molecule has 2 amide bonds. The maximum absolute atomic E-state index is 11.8. The van der Waals surface area contributed by atoms with E-state index >= 15 is 0 Å². The highest BCUT2D eigenvalue weighted by atomic mass is 16.2. The lowest BCUT2D eigenvalue weighted by Crippen LogP contribution is -2.28. The Bertz CT molecular complexity index is 556. The number of carbonyl (C=O) groups excluding carboxylic acids is 2. The maximum atomic E-state index is 11.8. The number of hydrogen-bond donors (Lipinski definition) is 4. The molecule has 0 radical (unpaired) electrons. The van der Waals surface area contributed by atoms with E-state index in [1.165, 1.54) is 0 Å². The SMILES string of the molecule is NC(N)=NCCCCCC(=O)NCCCCNC(=O)Cc1ccccc1. The van der Waals surface area contributed by atoms with Gasteiger partial charge < -0.3 is 22.1 Å². The maximum Gasteiger partial charge on any atom is 0.224 e. The minimum atomic E-state index is 0.0287. The van der Waals surface area contributed by atoms with Gasteiger partial charge in [-0.1, -0.05) is 36.8 Å². The predicted octanol–water partition coefficient (Wildman–Crippen LogP) is 1.08. The van der Waals surface area contributed by atoms with Crippen molar-refractivity contribution in [3.05, 3.63) is 35.9 Å². The number of nitrogens with two attached hydrogens (primary N) is 2. The summed E-state index contributed by atoms with van der Waals surface area (Å²) in [6, 6.07) is 9.67. The molecule has 0 saturated carbocycles. The zero-order chi connectivity index (χ0) is 19.0. The van der Waals surface area contributed by atoms with E-state index in [2.05, 4.69) is 15.6 Å². The predicted molar refractivity (Wildman–Crippen MR) is 105 cm³/mol. The number of nitrogens with zero attached hydrogens (tertiary/aromatic N) is 1. The van der Waals surface area contributed by atoms with E-state index in [9.17, 15) is 9.59 Å². The number of carbonyl (C=O) groups is 2. The number of nitrogens with one attached hydrogen (secondary N) is 2. The van der Waals surface area contributed by atoms with Gasteiger partial charge in [0.15, 0.2) is 5.96 Å². The number of amides is 2. The Morgan fingerprint density at radius 3 is 2.15 bits per heavy atom. The van der Waals surface area contributed by atoms with Crippen LogP contribution in [0, 0.1) is 0 Å². The fourth-order valence-electron chi connectivity index (χ4n) is 2.42. The lowest BCUT2D eigenvalue weighted by Gasteiger charge is -2.07. The van der Waals surface area contributed by atoms with Gasteiger partial charge in [0.25, 0.3) is 0 Å². The quantitative estimate of drug-likeness (QED) is 0.238. The molecule has 7 nitrogen and oxygen atoms in total. The zero-order valence-corrected chi connectivity index (χ0v) is 15.4. The number of aliphatic imine (C=N–C) groups is 1. The summed E-state index contributed by atoms with van der Waals surface area (Å²) < 4.78 is 0. The van der Waals surface area contributed by atoms with Gasteiger partial charge in [-0.15, -0.1) is 0 Å². The summed E-state index contributed by atoms with van der Waals surface area (Å²) in [6.07, 6.45) is 5.27. The lowest BCUT2D eigenvalue weighted by atomic mass is 10.1. The Hall–Kier alpha value is -2.57. The third-order valence-corrected chi connectivity index (χ3v) is 3.81. The fraction of sp³-hybridized carbons (Fsp3) is 0.526. The van der Waals surface area contributed by atoms with Crippen molar-refractivity contribution in [2.45, 2.75) is 44.9 Å². The van der Waals surface area contributed by atoms with Crippen LogP contribution in [0.15, 0.2) is 35.3 Å². The van der Waals surface area contributed by atoms with Crippen LogP contribution in [0.3, 0.4) is 0 Å². The van der Waals surface area contributed by atoms with Gasteiger partial charge in [0.1, 0.15) is 0 Å². The minimum absolute atomic E-state index is 0.0287. The normalized spacial score (nSPS) is 10.2. The molecule has 0 atom stereocenters. The summed E-state index contributed by atoms with van der Waals surface area (Å²) >= 11 is 0. The third-order valence-electron chi connectivity index (χ3n) is 3.81. The van der Waals surface area contributed by atoms with E-state index in [1.807, 2.05) is 30.3 Å². The second-order valence-electron chi connectivity index (χ2n) is 6.19. The summed E-state index contributed by atoms with van der Waals surface area (Å²) in [5, 5.41) is 5.80. The highest BCUT2D eigenvalue weighted by Crippen LogP contribution is 2.01. The van der Waals surface area contributed by atoms with Gasteiger partial charge in [-0.3, -0.25) is 14.6 Å². The van der Waals surface area contributed by atoms with E-state index in [0.29, 0.717) is 32.5 Å². The first-order chi connectivity index (χ1) is 12.6. The molecule has 26 heavy (non-hydrogen) atoms. The fourth-order valence-corrected chi connectivity index (χ4v) is 2.42. The summed E-state index contributed by atoms with van der Waals surface area (Å²) in [7, 11) is 0. The molecule has 1 aromatic rings. The van der Waals surface area contributed by atoms with Gasteiger partial charge in [-0.25, -0.2) is 0 Å². The Morgan fingerprint density at radius 1 is 0.846 bits per heavy atom. The number of benzene rings is 1. The van der Waals surface area contributed by atoms with E-state index in [-0.39, 0.29) is 17.8 Å². The molecule has 6 N–H and O–H groups in total. The third kappa shape index (κ3) is 11.9. The molecule has 0 aliphatic heterocycles. The van der Waals surface area contributed by atoms with Crippen LogP contribution < -0.4 is 22.1 Å². The monoisotopic (exact) mass is 361 g/mol. The van der Waals surface area contributed by atoms with Crippen LogP contribution in [-0.4, -0.2) is 37.4 Å². The van der Waals surface area contributed by atoms with Gasteiger partial charge >= 0.3 is 0 Å². The van der Waals surface area contributed by atoms with E-state index < -0.39 is 0 Å². The lowest BCUT2D eigenvalue weighted by molar-refractivity contribution is -0.121. The topological polar surface area (TPSA) is 123 Å². The molecule has 0 aliphatic rings. The molecule has 144 valence electrons. The second kappa shape index (κ2) is 13.7. The molecule has 0 bridgehead atoms. The van der Waals surface area contributed by atoms with E-state index in [0.717, 1.165) is 37.7 Å². The molecule has 0 fully saturated rings. The zero-order valence-electron chi connectivity index (χ0n) is 15.4. The van der Waals surface area contributed by atoms with Crippen molar-refractivity contribution in [2.24, 2.45) is 16.5 Å². The second-order valence-corrected chi connectivity index (χ2v) is 6.19.